The highest BCUT2D eigenvalue weighted by molar-refractivity contribution is 5.85. The van der Waals surface area contributed by atoms with Gasteiger partial charge in [0.05, 0.1) is 14.2 Å². The summed E-state index contributed by atoms with van der Waals surface area (Å²) in [6, 6.07) is 3.45. The highest BCUT2D eigenvalue weighted by atomic mass is 35.5. The normalized spacial score (nSPS) is 17.1. The van der Waals surface area contributed by atoms with Crippen LogP contribution in [-0.4, -0.2) is 32.5 Å². The van der Waals surface area contributed by atoms with Crippen molar-refractivity contribution in [1.29, 1.82) is 0 Å². The third-order valence-electron chi connectivity index (χ3n) is 3.66. The molecule has 114 valence electrons. The van der Waals surface area contributed by atoms with Crippen molar-refractivity contribution < 1.29 is 19.3 Å². The van der Waals surface area contributed by atoms with Gasteiger partial charge in [0.1, 0.15) is 0 Å². The predicted molar refractivity (Wildman–Crippen MR) is 78.9 cm³/mol. The second kappa shape index (κ2) is 7.57. The molecule has 0 aromatic heterocycles. The van der Waals surface area contributed by atoms with Crippen LogP contribution in [0, 0.1) is 5.92 Å². The van der Waals surface area contributed by atoms with Gasteiger partial charge in [-0.3, -0.25) is 0 Å². The van der Waals surface area contributed by atoms with E-state index in [0.29, 0.717) is 17.4 Å². The minimum absolute atomic E-state index is 0. The predicted octanol–water partition coefficient (Wildman–Crippen LogP) is 2.26. The van der Waals surface area contributed by atoms with Crippen LogP contribution in [0.5, 0.6) is 17.2 Å². The van der Waals surface area contributed by atoms with Crippen LogP contribution < -0.4 is 15.2 Å². The van der Waals surface area contributed by atoms with Crippen molar-refractivity contribution in [3.63, 3.8) is 0 Å². The SMILES string of the molecule is COc1cc([C@H](N)C2CCOCC2)cc(OC)c1O.Cl. The summed E-state index contributed by atoms with van der Waals surface area (Å²) in [4.78, 5) is 0. The molecule has 1 aliphatic rings. The van der Waals surface area contributed by atoms with Crippen LogP contribution in [0.1, 0.15) is 24.4 Å². The zero-order chi connectivity index (χ0) is 13.8. The Hall–Kier alpha value is -1.17. The van der Waals surface area contributed by atoms with Gasteiger partial charge in [-0.15, -0.1) is 12.4 Å². The lowest BCUT2D eigenvalue weighted by molar-refractivity contribution is 0.0583. The highest BCUT2D eigenvalue weighted by Crippen LogP contribution is 2.40. The Morgan fingerprint density at radius 1 is 1.20 bits per heavy atom. The van der Waals surface area contributed by atoms with Crippen LogP contribution in [0.2, 0.25) is 0 Å². The number of phenols is 1. The van der Waals surface area contributed by atoms with E-state index in [4.69, 9.17) is 19.9 Å². The third-order valence-corrected chi connectivity index (χ3v) is 3.66. The van der Waals surface area contributed by atoms with E-state index in [1.165, 1.54) is 14.2 Å². The number of nitrogens with two attached hydrogens (primary N) is 1. The van der Waals surface area contributed by atoms with E-state index in [0.717, 1.165) is 31.6 Å². The van der Waals surface area contributed by atoms with Crippen LogP contribution in [0.3, 0.4) is 0 Å². The van der Waals surface area contributed by atoms with E-state index in [-0.39, 0.29) is 24.2 Å². The Morgan fingerprint density at radius 2 is 1.70 bits per heavy atom. The first-order valence-electron chi connectivity index (χ1n) is 6.45. The van der Waals surface area contributed by atoms with Crippen LogP contribution >= 0.6 is 12.4 Å². The Balaban J connectivity index is 0.00000200. The summed E-state index contributed by atoms with van der Waals surface area (Å²) < 4.78 is 15.7. The number of hydrogen-bond acceptors (Lipinski definition) is 5. The van der Waals surface area contributed by atoms with Gasteiger partial charge in [0.15, 0.2) is 11.5 Å². The van der Waals surface area contributed by atoms with E-state index in [1.54, 1.807) is 12.1 Å². The number of phenolic OH excluding ortho intramolecular Hbond substituents is 1. The molecule has 3 N–H and O–H groups in total. The molecule has 5 nitrogen and oxygen atoms in total. The average Bonchev–Trinajstić information content (AvgIpc) is 2.47. The first-order valence-corrected chi connectivity index (χ1v) is 6.45. The first-order chi connectivity index (χ1) is 9.17. The van der Waals surface area contributed by atoms with E-state index < -0.39 is 0 Å². The number of benzene rings is 1. The van der Waals surface area contributed by atoms with Gasteiger partial charge in [-0.1, -0.05) is 0 Å². The fourth-order valence-corrected chi connectivity index (χ4v) is 2.45. The largest absolute Gasteiger partial charge is 0.502 e. The van der Waals surface area contributed by atoms with Crippen molar-refractivity contribution in [2.75, 3.05) is 27.4 Å². The van der Waals surface area contributed by atoms with E-state index in [9.17, 15) is 5.11 Å². The van der Waals surface area contributed by atoms with Crippen molar-refractivity contribution in [2.45, 2.75) is 18.9 Å². The van der Waals surface area contributed by atoms with Crippen LogP contribution in [-0.2, 0) is 4.74 Å². The molecular weight excluding hydrogens is 282 g/mol. The zero-order valence-corrected chi connectivity index (χ0v) is 12.6. The van der Waals surface area contributed by atoms with Gasteiger partial charge >= 0.3 is 0 Å². The molecule has 1 aromatic carbocycles. The summed E-state index contributed by atoms with van der Waals surface area (Å²) in [7, 11) is 3.02. The summed E-state index contributed by atoms with van der Waals surface area (Å²) in [5, 5.41) is 9.89. The van der Waals surface area contributed by atoms with Gasteiger partial charge < -0.3 is 25.1 Å². The molecule has 1 aliphatic heterocycles. The maximum atomic E-state index is 9.89. The first kappa shape index (κ1) is 16.9. The molecule has 0 spiro atoms. The lowest BCUT2D eigenvalue weighted by Crippen LogP contribution is -2.27. The van der Waals surface area contributed by atoms with Crippen molar-refractivity contribution in [3.05, 3.63) is 17.7 Å². The highest BCUT2D eigenvalue weighted by Gasteiger charge is 2.24. The van der Waals surface area contributed by atoms with E-state index >= 15 is 0 Å². The minimum atomic E-state index is -0.104. The molecule has 1 aromatic rings. The van der Waals surface area contributed by atoms with E-state index in [2.05, 4.69) is 0 Å². The van der Waals surface area contributed by atoms with Gasteiger partial charge in [-0.05, 0) is 36.5 Å². The van der Waals surface area contributed by atoms with Crippen LogP contribution in [0.25, 0.3) is 0 Å². The van der Waals surface area contributed by atoms with E-state index in [1.807, 2.05) is 0 Å². The molecule has 0 radical (unpaired) electrons. The molecule has 0 saturated carbocycles. The number of ether oxygens (including phenoxy) is 3. The summed E-state index contributed by atoms with van der Waals surface area (Å²) in [5.74, 6) is 1.16. The number of rotatable bonds is 4. The topological polar surface area (TPSA) is 73.9 Å². The van der Waals surface area contributed by atoms with Gasteiger partial charge in [-0.2, -0.15) is 0 Å². The number of aromatic hydroxyl groups is 1. The second-order valence-corrected chi connectivity index (χ2v) is 4.75. The molecular formula is C14H22ClNO4. The number of methoxy groups -OCH3 is 2. The maximum Gasteiger partial charge on any atom is 0.200 e. The lowest BCUT2D eigenvalue weighted by Gasteiger charge is -2.28. The fraction of sp³-hybridized carbons (Fsp3) is 0.571. The van der Waals surface area contributed by atoms with Crippen molar-refractivity contribution in [2.24, 2.45) is 11.7 Å². The molecule has 1 fully saturated rings. The summed E-state index contributed by atoms with van der Waals surface area (Å²) in [6.07, 6.45) is 1.90. The molecule has 0 unspecified atom stereocenters. The molecule has 1 heterocycles. The van der Waals surface area contributed by atoms with Gasteiger partial charge in [0, 0.05) is 19.3 Å². The number of halogens is 1. The Kier molecular flexibility index (Phi) is 6.39. The molecule has 1 saturated heterocycles. The Labute approximate surface area is 125 Å². The number of hydrogen-bond donors (Lipinski definition) is 2. The van der Waals surface area contributed by atoms with Crippen LogP contribution in [0.15, 0.2) is 12.1 Å². The molecule has 0 amide bonds. The lowest BCUT2D eigenvalue weighted by atomic mass is 9.87. The quantitative estimate of drug-likeness (QED) is 0.892. The summed E-state index contributed by atoms with van der Waals surface area (Å²) >= 11 is 0. The Bertz CT molecular complexity index is 410. The van der Waals surface area contributed by atoms with Crippen molar-refractivity contribution in [1.82, 2.24) is 0 Å². The molecule has 2 rings (SSSR count). The minimum Gasteiger partial charge on any atom is -0.502 e. The molecule has 1 atom stereocenters. The average molecular weight is 304 g/mol. The van der Waals surface area contributed by atoms with Crippen LogP contribution in [0.4, 0.5) is 0 Å². The second-order valence-electron chi connectivity index (χ2n) is 4.75. The van der Waals surface area contributed by atoms with Gasteiger partial charge in [-0.25, -0.2) is 0 Å². The van der Waals surface area contributed by atoms with Gasteiger partial charge in [0.2, 0.25) is 5.75 Å². The maximum absolute atomic E-state index is 9.89. The molecule has 0 bridgehead atoms. The summed E-state index contributed by atoms with van der Waals surface area (Å²) in [6.45, 7) is 1.51. The molecule has 20 heavy (non-hydrogen) atoms. The monoisotopic (exact) mass is 303 g/mol. The standard InChI is InChI=1S/C14H21NO4.ClH/c1-17-11-7-10(8-12(18-2)14(11)16)13(15)9-3-5-19-6-4-9;/h7-9,13,16H,3-6,15H2,1-2H3;1H/t13-;/m1./s1. The van der Waals surface area contributed by atoms with Crippen molar-refractivity contribution >= 4 is 12.4 Å². The summed E-state index contributed by atoms with van der Waals surface area (Å²) in [5.41, 5.74) is 7.23. The molecule has 0 aliphatic carbocycles. The Morgan fingerprint density at radius 3 is 2.15 bits per heavy atom. The van der Waals surface area contributed by atoms with Gasteiger partial charge in [0.25, 0.3) is 0 Å². The molecule has 6 heteroatoms. The van der Waals surface area contributed by atoms with Crippen molar-refractivity contribution in [3.8, 4) is 17.2 Å². The zero-order valence-electron chi connectivity index (χ0n) is 11.8. The smallest absolute Gasteiger partial charge is 0.200 e. The fourth-order valence-electron chi connectivity index (χ4n) is 2.45. The third kappa shape index (κ3) is 3.48.